The molecule has 1 aromatic heterocycles. The van der Waals surface area contributed by atoms with Crippen molar-refractivity contribution in [2.75, 3.05) is 0 Å². The van der Waals surface area contributed by atoms with E-state index < -0.39 is 48.2 Å². The van der Waals surface area contributed by atoms with Gasteiger partial charge in [-0.25, -0.2) is 9.78 Å². The topological polar surface area (TPSA) is 193 Å². The van der Waals surface area contributed by atoms with Crippen molar-refractivity contribution in [2.45, 2.75) is 51.2 Å². The van der Waals surface area contributed by atoms with Crippen LogP contribution in [0.3, 0.4) is 0 Å². The number of aliphatic carboxylic acids is 1. The number of nitrogens with zero attached hydrogens (tertiary/aromatic N) is 1. The number of primary amides is 1. The summed E-state index contributed by atoms with van der Waals surface area (Å²) >= 11 is 0. The maximum absolute atomic E-state index is 12.4. The molecule has 1 heterocycles. The molecule has 0 radical (unpaired) electrons. The number of rotatable bonds is 11. The van der Waals surface area contributed by atoms with E-state index in [4.69, 9.17) is 11.5 Å². The lowest BCUT2D eigenvalue weighted by atomic mass is 9.98. The van der Waals surface area contributed by atoms with Gasteiger partial charge in [-0.05, 0) is 5.92 Å². The van der Waals surface area contributed by atoms with Gasteiger partial charge in [0.2, 0.25) is 17.7 Å². The Labute approximate surface area is 156 Å². The van der Waals surface area contributed by atoms with E-state index in [2.05, 4.69) is 20.6 Å². The first-order chi connectivity index (χ1) is 12.6. The van der Waals surface area contributed by atoms with Crippen LogP contribution in [0.15, 0.2) is 12.5 Å². The third-order valence-electron chi connectivity index (χ3n) is 4.15. The standard InChI is InChI=1S/C16H26N6O5/c1-3-8(2)13(16(26)27)22-15(25)11(5-12(18)23)21-14(24)10(17)4-9-6-19-7-20-9/h6-8,10-11,13H,3-5,17H2,1-2H3,(H2,18,23)(H,19,20)(H,21,24)(H,22,25)(H,26,27). The van der Waals surface area contributed by atoms with Crippen LogP contribution in [0, 0.1) is 5.92 Å². The van der Waals surface area contributed by atoms with Gasteiger partial charge in [0.1, 0.15) is 12.1 Å². The molecule has 11 nitrogen and oxygen atoms in total. The fraction of sp³-hybridized carbons (Fsp3) is 0.562. The fourth-order valence-electron chi connectivity index (χ4n) is 2.35. The molecule has 1 aromatic rings. The molecule has 27 heavy (non-hydrogen) atoms. The molecule has 11 heteroatoms. The van der Waals surface area contributed by atoms with Crippen molar-refractivity contribution in [3.05, 3.63) is 18.2 Å². The molecule has 0 aromatic carbocycles. The Morgan fingerprint density at radius 1 is 1.26 bits per heavy atom. The number of carbonyl (C=O) groups is 4. The number of nitrogens with two attached hydrogens (primary N) is 2. The van der Waals surface area contributed by atoms with Gasteiger partial charge in [0.05, 0.1) is 18.8 Å². The average molecular weight is 382 g/mol. The molecule has 4 unspecified atom stereocenters. The number of H-pyrrole nitrogens is 1. The summed E-state index contributed by atoms with van der Waals surface area (Å²) in [5, 5.41) is 14.0. The first kappa shape index (κ1) is 22.1. The normalized spacial score (nSPS) is 15.2. The van der Waals surface area contributed by atoms with E-state index in [1.54, 1.807) is 13.8 Å². The highest BCUT2D eigenvalue weighted by atomic mass is 16.4. The van der Waals surface area contributed by atoms with Crippen molar-refractivity contribution in [3.63, 3.8) is 0 Å². The minimum atomic E-state index is -1.33. The predicted molar refractivity (Wildman–Crippen MR) is 95.0 cm³/mol. The third-order valence-corrected chi connectivity index (χ3v) is 4.15. The Hall–Kier alpha value is -2.95. The zero-order valence-electron chi connectivity index (χ0n) is 15.3. The molecule has 0 aliphatic carbocycles. The lowest BCUT2D eigenvalue weighted by Crippen LogP contribution is -2.56. The summed E-state index contributed by atoms with van der Waals surface area (Å²) in [7, 11) is 0. The zero-order chi connectivity index (χ0) is 20.6. The van der Waals surface area contributed by atoms with Crippen LogP contribution in [0.2, 0.25) is 0 Å². The van der Waals surface area contributed by atoms with Crippen molar-refractivity contribution in [1.29, 1.82) is 0 Å². The SMILES string of the molecule is CCC(C)C(NC(=O)C(CC(N)=O)NC(=O)C(N)Cc1cnc[nH]1)C(=O)O. The van der Waals surface area contributed by atoms with Crippen molar-refractivity contribution in [2.24, 2.45) is 17.4 Å². The van der Waals surface area contributed by atoms with Gasteiger partial charge in [0.25, 0.3) is 0 Å². The first-order valence-corrected chi connectivity index (χ1v) is 8.50. The Balaban J connectivity index is 2.80. The van der Waals surface area contributed by atoms with Gasteiger partial charge in [-0.1, -0.05) is 20.3 Å². The van der Waals surface area contributed by atoms with Crippen LogP contribution < -0.4 is 22.1 Å². The van der Waals surface area contributed by atoms with Gasteiger partial charge in [-0.15, -0.1) is 0 Å². The Kier molecular flexibility index (Phi) is 8.39. The Morgan fingerprint density at radius 3 is 2.41 bits per heavy atom. The van der Waals surface area contributed by atoms with Gasteiger partial charge < -0.3 is 32.2 Å². The molecule has 1 rings (SSSR count). The van der Waals surface area contributed by atoms with Gasteiger partial charge in [0, 0.05) is 18.3 Å². The monoisotopic (exact) mass is 382 g/mol. The van der Waals surface area contributed by atoms with E-state index in [0.29, 0.717) is 12.1 Å². The quantitative estimate of drug-likeness (QED) is 0.261. The minimum Gasteiger partial charge on any atom is -0.480 e. The van der Waals surface area contributed by atoms with Crippen LogP contribution in [-0.2, 0) is 25.6 Å². The molecule has 0 bridgehead atoms. The average Bonchev–Trinajstić information content (AvgIpc) is 3.10. The largest absolute Gasteiger partial charge is 0.480 e. The number of hydrogen-bond donors (Lipinski definition) is 6. The number of aromatic amines is 1. The van der Waals surface area contributed by atoms with Crippen LogP contribution in [0.5, 0.6) is 0 Å². The summed E-state index contributed by atoms with van der Waals surface area (Å²) in [6.45, 7) is 3.45. The van der Waals surface area contributed by atoms with Gasteiger partial charge in [-0.3, -0.25) is 14.4 Å². The highest BCUT2D eigenvalue weighted by molar-refractivity contribution is 5.94. The van der Waals surface area contributed by atoms with Crippen molar-refractivity contribution >= 4 is 23.7 Å². The number of amides is 3. The second-order valence-electron chi connectivity index (χ2n) is 6.33. The Morgan fingerprint density at radius 2 is 1.93 bits per heavy atom. The Bertz CT molecular complexity index is 662. The van der Waals surface area contributed by atoms with Gasteiger partial charge in [0.15, 0.2) is 0 Å². The highest BCUT2D eigenvalue weighted by Gasteiger charge is 2.31. The van der Waals surface area contributed by atoms with E-state index in [1.165, 1.54) is 12.5 Å². The van der Waals surface area contributed by atoms with Crippen molar-refractivity contribution in [1.82, 2.24) is 20.6 Å². The molecule has 0 spiro atoms. The zero-order valence-corrected chi connectivity index (χ0v) is 15.3. The molecular formula is C16H26N6O5. The fourth-order valence-corrected chi connectivity index (χ4v) is 2.35. The molecule has 0 saturated carbocycles. The lowest BCUT2D eigenvalue weighted by molar-refractivity contribution is -0.143. The molecule has 150 valence electrons. The molecule has 8 N–H and O–H groups in total. The number of carboxylic acids is 1. The van der Waals surface area contributed by atoms with Crippen molar-refractivity contribution < 1.29 is 24.3 Å². The summed E-state index contributed by atoms with van der Waals surface area (Å²) in [4.78, 5) is 53.9. The van der Waals surface area contributed by atoms with Crippen LogP contribution in [-0.4, -0.2) is 56.9 Å². The number of imidazole rings is 1. The van der Waals surface area contributed by atoms with E-state index in [1.807, 2.05) is 0 Å². The number of carboxylic acid groups (broad SMARTS) is 1. The maximum atomic E-state index is 12.4. The first-order valence-electron chi connectivity index (χ1n) is 8.50. The van der Waals surface area contributed by atoms with Crippen LogP contribution in [0.25, 0.3) is 0 Å². The summed E-state index contributed by atoms with van der Waals surface area (Å²) in [6.07, 6.45) is 3.11. The predicted octanol–water partition coefficient (Wildman–Crippen LogP) is -1.74. The number of hydrogen-bond acceptors (Lipinski definition) is 6. The molecule has 4 atom stereocenters. The third kappa shape index (κ3) is 7.05. The van der Waals surface area contributed by atoms with Gasteiger partial charge >= 0.3 is 5.97 Å². The van der Waals surface area contributed by atoms with E-state index in [0.717, 1.165) is 0 Å². The van der Waals surface area contributed by atoms with Crippen LogP contribution in [0.4, 0.5) is 0 Å². The molecule has 0 fully saturated rings. The number of aromatic nitrogens is 2. The summed E-state index contributed by atoms with van der Waals surface area (Å²) in [5.74, 6) is -3.88. The maximum Gasteiger partial charge on any atom is 0.326 e. The number of carbonyl (C=O) groups excluding carboxylic acids is 3. The molecule has 3 amide bonds. The van der Waals surface area contributed by atoms with Crippen LogP contribution in [0.1, 0.15) is 32.4 Å². The smallest absolute Gasteiger partial charge is 0.326 e. The highest BCUT2D eigenvalue weighted by Crippen LogP contribution is 2.09. The van der Waals surface area contributed by atoms with Crippen molar-refractivity contribution in [3.8, 4) is 0 Å². The van der Waals surface area contributed by atoms with E-state index in [-0.39, 0.29) is 12.3 Å². The minimum absolute atomic E-state index is 0.140. The number of nitrogens with one attached hydrogen (secondary N) is 3. The summed E-state index contributed by atoms with van der Waals surface area (Å²) in [6, 6.07) is -3.49. The molecular weight excluding hydrogens is 356 g/mol. The molecule has 0 saturated heterocycles. The molecule has 0 aliphatic heterocycles. The van der Waals surface area contributed by atoms with Gasteiger partial charge in [-0.2, -0.15) is 0 Å². The second-order valence-corrected chi connectivity index (χ2v) is 6.33. The van der Waals surface area contributed by atoms with E-state index >= 15 is 0 Å². The second kappa shape index (κ2) is 10.3. The lowest BCUT2D eigenvalue weighted by Gasteiger charge is -2.24. The van der Waals surface area contributed by atoms with Crippen LogP contribution >= 0.6 is 0 Å². The summed E-state index contributed by atoms with van der Waals surface area (Å²) in [5.41, 5.74) is 11.6. The molecule has 0 aliphatic rings. The van der Waals surface area contributed by atoms with E-state index in [9.17, 15) is 24.3 Å². The summed E-state index contributed by atoms with van der Waals surface area (Å²) < 4.78 is 0.